The topological polar surface area (TPSA) is 94.4 Å². The van der Waals surface area contributed by atoms with Crippen LogP contribution in [0.25, 0.3) is 11.2 Å². The molecule has 2 aromatic heterocycles. The van der Waals surface area contributed by atoms with Crippen LogP contribution < -0.4 is 20.9 Å². The molecule has 1 aromatic carbocycles. The number of aromatic nitrogens is 4. The number of fused-ring (bicyclic) bond motifs is 1. The second-order valence-electron chi connectivity index (χ2n) is 6.54. The number of methoxy groups -OCH3 is 1. The molecule has 0 amide bonds. The van der Waals surface area contributed by atoms with Gasteiger partial charge in [0.05, 0.1) is 20.3 Å². The molecule has 0 spiro atoms. The highest BCUT2D eigenvalue weighted by atomic mass is 16.5. The summed E-state index contributed by atoms with van der Waals surface area (Å²) >= 11 is 0. The lowest BCUT2D eigenvalue weighted by atomic mass is 10.1. The quantitative estimate of drug-likeness (QED) is 0.722. The number of anilines is 1. The fraction of sp³-hybridized carbons (Fsp3) is 0.389. The van der Waals surface area contributed by atoms with Gasteiger partial charge >= 0.3 is 5.69 Å². The van der Waals surface area contributed by atoms with E-state index in [9.17, 15) is 9.59 Å². The molecule has 1 saturated heterocycles. The molecule has 1 aliphatic heterocycles. The van der Waals surface area contributed by atoms with E-state index in [1.54, 1.807) is 25.8 Å². The fourth-order valence-corrected chi connectivity index (χ4v) is 3.45. The number of nitrogens with one attached hydrogen (secondary N) is 1. The van der Waals surface area contributed by atoms with Crippen molar-refractivity contribution in [1.29, 1.82) is 0 Å². The Morgan fingerprint density at radius 3 is 2.85 bits per heavy atom. The Labute approximate surface area is 154 Å². The summed E-state index contributed by atoms with van der Waals surface area (Å²) in [6.45, 7) is 1.75. The van der Waals surface area contributed by atoms with Gasteiger partial charge in [-0.1, -0.05) is 12.1 Å². The minimum Gasteiger partial charge on any atom is -0.497 e. The molecule has 27 heavy (non-hydrogen) atoms. The van der Waals surface area contributed by atoms with Crippen LogP contribution in [-0.2, 0) is 18.8 Å². The van der Waals surface area contributed by atoms with E-state index in [2.05, 4.69) is 14.9 Å². The summed E-state index contributed by atoms with van der Waals surface area (Å²) in [5.74, 6) is 1.41. The number of aryl methyl sites for hydroxylation is 2. The lowest BCUT2D eigenvalue weighted by Crippen LogP contribution is -2.39. The van der Waals surface area contributed by atoms with Gasteiger partial charge in [-0.3, -0.25) is 14.3 Å². The van der Waals surface area contributed by atoms with Crippen molar-refractivity contribution in [2.24, 2.45) is 14.1 Å². The third kappa shape index (κ3) is 2.89. The van der Waals surface area contributed by atoms with Crippen molar-refractivity contribution in [1.82, 2.24) is 19.1 Å². The molecular formula is C18H21N5O4. The van der Waals surface area contributed by atoms with Gasteiger partial charge in [0, 0.05) is 20.6 Å². The predicted molar refractivity (Wildman–Crippen MR) is 100 cm³/mol. The third-order valence-corrected chi connectivity index (χ3v) is 4.93. The van der Waals surface area contributed by atoms with Crippen molar-refractivity contribution in [3.63, 3.8) is 0 Å². The van der Waals surface area contributed by atoms with Gasteiger partial charge in [-0.25, -0.2) is 4.79 Å². The van der Waals surface area contributed by atoms with Crippen LogP contribution in [0.1, 0.15) is 11.7 Å². The Hall–Kier alpha value is -3.07. The van der Waals surface area contributed by atoms with Gasteiger partial charge in [-0.15, -0.1) is 0 Å². The molecule has 1 aliphatic rings. The Morgan fingerprint density at radius 2 is 2.07 bits per heavy atom. The Bertz CT molecular complexity index is 1110. The predicted octanol–water partition coefficient (Wildman–Crippen LogP) is 0.547. The summed E-state index contributed by atoms with van der Waals surface area (Å²) in [5.41, 5.74) is 0.839. The van der Waals surface area contributed by atoms with E-state index in [-0.39, 0.29) is 6.10 Å². The summed E-state index contributed by atoms with van der Waals surface area (Å²) in [5, 5.41) is 0. The molecule has 0 aliphatic carbocycles. The second kappa shape index (κ2) is 6.58. The summed E-state index contributed by atoms with van der Waals surface area (Å²) in [7, 11) is 5.00. The van der Waals surface area contributed by atoms with Gasteiger partial charge < -0.3 is 18.9 Å². The number of imidazole rings is 1. The van der Waals surface area contributed by atoms with Gasteiger partial charge in [0.1, 0.15) is 11.9 Å². The first-order valence-electron chi connectivity index (χ1n) is 8.66. The Kier molecular flexibility index (Phi) is 4.23. The number of benzene rings is 1. The zero-order valence-corrected chi connectivity index (χ0v) is 15.4. The second-order valence-corrected chi connectivity index (χ2v) is 6.54. The van der Waals surface area contributed by atoms with Gasteiger partial charge in [-0.2, -0.15) is 4.98 Å². The van der Waals surface area contributed by atoms with Crippen molar-refractivity contribution in [2.45, 2.75) is 6.10 Å². The number of morpholine rings is 1. The lowest BCUT2D eigenvalue weighted by molar-refractivity contribution is 0.0389. The molecule has 3 heterocycles. The van der Waals surface area contributed by atoms with Crippen LogP contribution in [0.5, 0.6) is 5.75 Å². The number of hydrogen-bond donors (Lipinski definition) is 1. The lowest BCUT2D eigenvalue weighted by Gasteiger charge is -2.33. The molecule has 9 nitrogen and oxygen atoms in total. The molecule has 1 N–H and O–H groups in total. The van der Waals surface area contributed by atoms with E-state index in [1.807, 2.05) is 24.3 Å². The molecule has 0 bridgehead atoms. The highest BCUT2D eigenvalue weighted by Crippen LogP contribution is 2.28. The maximum atomic E-state index is 12.2. The minimum atomic E-state index is -0.478. The number of nitrogens with zero attached hydrogens (tertiary/aromatic N) is 4. The van der Waals surface area contributed by atoms with Gasteiger partial charge in [0.25, 0.3) is 5.56 Å². The average Bonchev–Trinajstić information content (AvgIpc) is 3.04. The van der Waals surface area contributed by atoms with Crippen molar-refractivity contribution in [3.8, 4) is 5.75 Å². The number of hydrogen-bond acceptors (Lipinski definition) is 6. The molecule has 9 heteroatoms. The fourth-order valence-electron chi connectivity index (χ4n) is 3.45. The SMILES string of the molecule is COc1cccc(C2CN(c3nc4c(c(=O)[nH]c(=O)n4C)n3C)CCO2)c1. The Morgan fingerprint density at radius 1 is 1.26 bits per heavy atom. The summed E-state index contributed by atoms with van der Waals surface area (Å²) in [6.07, 6.45) is -0.143. The molecule has 1 fully saturated rings. The molecule has 4 rings (SSSR count). The molecule has 0 radical (unpaired) electrons. The van der Waals surface area contributed by atoms with Gasteiger partial charge in [0.15, 0.2) is 11.2 Å². The first-order valence-corrected chi connectivity index (χ1v) is 8.66. The van der Waals surface area contributed by atoms with Crippen molar-refractivity contribution in [2.75, 3.05) is 31.7 Å². The van der Waals surface area contributed by atoms with Crippen LogP contribution in [-0.4, -0.2) is 45.9 Å². The van der Waals surface area contributed by atoms with Crippen LogP contribution in [0.15, 0.2) is 33.9 Å². The smallest absolute Gasteiger partial charge is 0.329 e. The molecular weight excluding hydrogens is 350 g/mol. The first kappa shape index (κ1) is 17.3. The largest absolute Gasteiger partial charge is 0.497 e. The highest BCUT2D eigenvalue weighted by molar-refractivity contribution is 5.74. The van der Waals surface area contributed by atoms with E-state index >= 15 is 0 Å². The first-order chi connectivity index (χ1) is 13.0. The van der Waals surface area contributed by atoms with Crippen LogP contribution in [0, 0.1) is 0 Å². The van der Waals surface area contributed by atoms with Gasteiger partial charge in [0.2, 0.25) is 5.95 Å². The summed E-state index contributed by atoms with van der Waals surface area (Å²) in [6, 6.07) is 7.78. The van der Waals surface area contributed by atoms with E-state index in [4.69, 9.17) is 9.47 Å². The van der Waals surface area contributed by atoms with E-state index in [0.717, 1.165) is 11.3 Å². The van der Waals surface area contributed by atoms with Gasteiger partial charge in [-0.05, 0) is 17.7 Å². The maximum absolute atomic E-state index is 12.2. The highest BCUT2D eigenvalue weighted by Gasteiger charge is 2.26. The number of ether oxygens (including phenoxy) is 2. The Balaban J connectivity index is 1.72. The monoisotopic (exact) mass is 371 g/mol. The molecule has 3 aromatic rings. The van der Waals surface area contributed by atoms with Crippen LogP contribution >= 0.6 is 0 Å². The average molecular weight is 371 g/mol. The molecule has 1 atom stereocenters. The number of H-pyrrole nitrogens is 1. The maximum Gasteiger partial charge on any atom is 0.329 e. The van der Waals surface area contributed by atoms with E-state index in [1.165, 1.54) is 4.57 Å². The zero-order chi connectivity index (χ0) is 19.1. The standard InChI is InChI=1S/C18H21N5O4/c1-21-14-15(22(2)18(25)20-16(14)24)19-17(21)23-7-8-27-13(10-23)11-5-4-6-12(9-11)26-3/h4-6,9,13H,7-8,10H2,1-3H3,(H,20,24,25). The van der Waals surface area contributed by atoms with Crippen LogP contribution in [0.3, 0.4) is 0 Å². The van der Waals surface area contributed by atoms with Crippen LogP contribution in [0.4, 0.5) is 5.95 Å². The van der Waals surface area contributed by atoms with E-state index in [0.29, 0.717) is 36.8 Å². The number of aromatic amines is 1. The summed E-state index contributed by atoms with van der Waals surface area (Å²) in [4.78, 5) is 33.1. The van der Waals surface area contributed by atoms with E-state index < -0.39 is 11.2 Å². The van der Waals surface area contributed by atoms with Crippen molar-refractivity contribution in [3.05, 3.63) is 50.7 Å². The third-order valence-electron chi connectivity index (χ3n) is 4.93. The normalized spacial score (nSPS) is 17.4. The van der Waals surface area contributed by atoms with Crippen molar-refractivity contribution < 1.29 is 9.47 Å². The minimum absolute atomic E-state index is 0.143. The molecule has 0 saturated carbocycles. The van der Waals surface area contributed by atoms with Crippen LogP contribution in [0.2, 0.25) is 0 Å². The summed E-state index contributed by atoms with van der Waals surface area (Å²) < 4.78 is 14.3. The number of rotatable bonds is 3. The molecule has 1 unspecified atom stereocenters. The van der Waals surface area contributed by atoms with Crippen molar-refractivity contribution >= 4 is 17.1 Å². The molecule has 142 valence electrons. The zero-order valence-electron chi connectivity index (χ0n) is 15.4.